The number of Topliss-reactive ketones (excluding diaryl/α,β-unsaturated/α-hetero) is 1. The lowest BCUT2D eigenvalue weighted by molar-refractivity contribution is -0.684. The Kier molecular flexibility index (Phi) is 7.16. The Morgan fingerprint density at radius 1 is 1.12 bits per heavy atom. The third-order valence-electron chi connectivity index (χ3n) is 8.15. The van der Waals surface area contributed by atoms with E-state index in [9.17, 15) is 9.59 Å². The lowest BCUT2D eigenvalue weighted by atomic mass is 9.44. The van der Waals surface area contributed by atoms with E-state index < -0.39 is 0 Å². The summed E-state index contributed by atoms with van der Waals surface area (Å²) in [6, 6.07) is 9.41. The van der Waals surface area contributed by atoms with Crippen molar-refractivity contribution in [2.24, 2.45) is 22.7 Å². The summed E-state index contributed by atoms with van der Waals surface area (Å²) in [7, 11) is 0. The molecule has 1 aromatic heterocycles. The van der Waals surface area contributed by atoms with Gasteiger partial charge in [-0.25, -0.2) is 0 Å². The maximum Gasteiger partial charge on any atom is 0.306 e. The summed E-state index contributed by atoms with van der Waals surface area (Å²) < 4.78 is 7.73. The molecule has 2 unspecified atom stereocenters. The molecule has 0 spiro atoms. The Bertz CT molecular complexity index is 1000. The van der Waals surface area contributed by atoms with Crippen molar-refractivity contribution in [2.75, 3.05) is 6.61 Å². The first-order valence-corrected chi connectivity index (χ1v) is 12.9. The second kappa shape index (κ2) is 9.61. The van der Waals surface area contributed by atoms with Gasteiger partial charge in [0, 0.05) is 18.9 Å². The van der Waals surface area contributed by atoms with Crippen LogP contribution in [0.3, 0.4) is 0 Å². The summed E-state index contributed by atoms with van der Waals surface area (Å²) in [6.45, 7) is 5.26. The van der Waals surface area contributed by atoms with E-state index in [1.165, 1.54) is 43.4 Å². The highest BCUT2D eigenvalue weighted by atomic mass is 79.9. The van der Waals surface area contributed by atoms with Crippen molar-refractivity contribution in [2.45, 2.75) is 71.8 Å². The lowest BCUT2D eigenvalue weighted by Crippen LogP contribution is -3.00. The van der Waals surface area contributed by atoms with Gasteiger partial charge in [0.1, 0.15) is 0 Å². The van der Waals surface area contributed by atoms with Crippen LogP contribution in [-0.4, -0.2) is 18.4 Å². The summed E-state index contributed by atoms with van der Waals surface area (Å²) in [4.78, 5) is 26.4. The number of hydrogen-bond donors (Lipinski definition) is 0. The molecule has 0 N–H and O–H groups in total. The molecular weight excluding hydrogens is 498 g/mol. The molecule has 4 fully saturated rings. The van der Waals surface area contributed by atoms with Crippen LogP contribution in [0.1, 0.15) is 72.8 Å². The van der Waals surface area contributed by atoms with Gasteiger partial charge < -0.3 is 21.7 Å². The number of carbonyl (C=O) groups is 2. The third kappa shape index (κ3) is 5.27. The summed E-state index contributed by atoms with van der Waals surface area (Å²) in [5.41, 5.74) is 4.49. The SMILES string of the molecule is Cc1c(CCOC(=O)CC23CC4CC(CC(C)(C4)C2)C3)sc[n+]1CC(=O)c1ccccc1.[Br-]. The second-order valence-electron chi connectivity index (χ2n) is 11.1. The van der Waals surface area contributed by atoms with Crippen LogP contribution in [0, 0.1) is 29.6 Å². The first-order valence-electron chi connectivity index (χ1n) is 12.0. The molecule has 6 heteroatoms. The van der Waals surface area contributed by atoms with Gasteiger partial charge in [0.15, 0.2) is 5.69 Å². The second-order valence-corrected chi connectivity index (χ2v) is 12.0. The van der Waals surface area contributed by atoms with Crippen molar-refractivity contribution in [3.05, 3.63) is 52.0 Å². The van der Waals surface area contributed by atoms with E-state index in [0.717, 1.165) is 23.1 Å². The number of ketones is 1. The number of esters is 1. The molecule has 1 aromatic carbocycles. The standard InChI is InChI=1S/C27H34NO3S.BrH/c1-19-24(32-18-28(19)16-23(29)22-6-4-3-5-7-22)8-9-31-25(30)15-27-13-20-10-21(14-27)12-26(2,11-20)17-27;/h3-7,18,20-21H,8-17H2,1-2H3;1H/q+1;/p-1. The molecule has 0 amide bonds. The van der Waals surface area contributed by atoms with Crippen LogP contribution in [-0.2, 0) is 22.5 Å². The fraction of sp³-hybridized carbons (Fsp3) is 0.593. The van der Waals surface area contributed by atoms with Gasteiger partial charge in [-0.1, -0.05) is 48.6 Å². The number of ether oxygens (including phenoxy) is 1. The quantitative estimate of drug-likeness (QED) is 0.298. The van der Waals surface area contributed by atoms with E-state index in [-0.39, 0.29) is 34.1 Å². The van der Waals surface area contributed by atoms with Gasteiger partial charge in [0.25, 0.3) is 0 Å². The van der Waals surface area contributed by atoms with E-state index in [0.29, 0.717) is 31.4 Å². The van der Waals surface area contributed by atoms with Crippen molar-refractivity contribution in [3.8, 4) is 0 Å². The molecule has 1 heterocycles. The van der Waals surface area contributed by atoms with Gasteiger partial charge in [-0.2, -0.15) is 4.57 Å². The van der Waals surface area contributed by atoms with Crippen molar-refractivity contribution in [3.63, 3.8) is 0 Å². The van der Waals surface area contributed by atoms with Crippen molar-refractivity contribution in [1.82, 2.24) is 0 Å². The summed E-state index contributed by atoms with van der Waals surface area (Å²) in [6.07, 6.45) is 9.10. The fourth-order valence-electron chi connectivity index (χ4n) is 7.47. The molecule has 0 radical (unpaired) electrons. The minimum atomic E-state index is -0.0168. The Morgan fingerprint density at radius 2 is 1.82 bits per heavy atom. The van der Waals surface area contributed by atoms with Gasteiger partial charge in [-0.3, -0.25) is 9.59 Å². The normalized spacial score (nSPS) is 29.5. The molecule has 4 nitrogen and oxygen atoms in total. The Balaban J connectivity index is 0.00000259. The van der Waals surface area contributed by atoms with Gasteiger partial charge in [-0.05, 0) is 61.2 Å². The zero-order valence-electron chi connectivity index (χ0n) is 19.6. The molecule has 4 aliphatic carbocycles. The van der Waals surface area contributed by atoms with E-state index >= 15 is 0 Å². The van der Waals surface area contributed by atoms with Crippen LogP contribution in [0.15, 0.2) is 35.8 Å². The number of halogens is 1. The zero-order chi connectivity index (χ0) is 22.3. The molecule has 4 saturated carbocycles. The van der Waals surface area contributed by atoms with Crippen LogP contribution < -0.4 is 21.5 Å². The van der Waals surface area contributed by atoms with E-state index in [1.807, 2.05) is 47.3 Å². The topological polar surface area (TPSA) is 47.2 Å². The Morgan fingerprint density at radius 3 is 2.48 bits per heavy atom. The average Bonchev–Trinajstić information content (AvgIpc) is 3.06. The van der Waals surface area contributed by atoms with Gasteiger partial charge in [0.05, 0.1) is 17.9 Å². The molecule has 178 valence electrons. The van der Waals surface area contributed by atoms with Gasteiger partial charge in [0.2, 0.25) is 17.8 Å². The van der Waals surface area contributed by atoms with Crippen LogP contribution >= 0.6 is 11.3 Å². The number of thiazole rings is 1. The number of hydrogen-bond acceptors (Lipinski definition) is 4. The van der Waals surface area contributed by atoms with Gasteiger partial charge >= 0.3 is 5.97 Å². The number of benzene rings is 1. The maximum absolute atomic E-state index is 12.7. The summed E-state index contributed by atoms with van der Waals surface area (Å²) in [5, 5.41) is 0. The third-order valence-corrected chi connectivity index (χ3v) is 9.30. The largest absolute Gasteiger partial charge is 1.00 e. The summed E-state index contributed by atoms with van der Waals surface area (Å²) >= 11 is 1.64. The fourth-order valence-corrected chi connectivity index (χ4v) is 8.44. The van der Waals surface area contributed by atoms with E-state index in [2.05, 4.69) is 6.92 Å². The van der Waals surface area contributed by atoms with Crippen LogP contribution in [0.2, 0.25) is 0 Å². The molecule has 2 atom stereocenters. The first kappa shape index (κ1) is 24.6. The molecular formula is C27H34BrNO3S. The molecule has 0 aliphatic heterocycles. The zero-order valence-corrected chi connectivity index (χ0v) is 22.1. The highest BCUT2D eigenvalue weighted by Gasteiger charge is 2.56. The monoisotopic (exact) mass is 531 g/mol. The van der Waals surface area contributed by atoms with Crippen LogP contribution in [0.25, 0.3) is 0 Å². The highest BCUT2D eigenvalue weighted by molar-refractivity contribution is 7.09. The van der Waals surface area contributed by atoms with Gasteiger partial charge in [-0.15, -0.1) is 0 Å². The molecule has 4 aliphatic rings. The molecule has 2 aromatic rings. The minimum Gasteiger partial charge on any atom is -1.00 e. The average molecular weight is 533 g/mol. The molecule has 33 heavy (non-hydrogen) atoms. The molecule has 6 rings (SSSR count). The molecule has 0 saturated heterocycles. The van der Waals surface area contributed by atoms with E-state index in [1.54, 1.807) is 11.3 Å². The number of aromatic nitrogens is 1. The highest BCUT2D eigenvalue weighted by Crippen LogP contribution is 2.66. The Labute approximate surface area is 211 Å². The van der Waals surface area contributed by atoms with E-state index in [4.69, 9.17) is 4.74 Å². The number of rotatable bonds is 8. The summed E-state index contributed by atoms with van der Waals surface area (Å²) in [5.74, 6) is 1.75. The molecule has 4 bridgehead atoms. The minimum absolute atomic E-state index is 0. The predicted octanol–water partition coefficient (Wildman–Crippen LogP) is 2.31. The van der Waals surface area contributed by atoms with Crippen LogP contribution in [0.5, 0.6) is 0 Å². The van der Waals surface area contributed by atoms with Crippen molar-refractivity contribution in [1.29, 1.82) is 0 Å². The maximum atomic E-state index is 12.7. The Hall–Kier alpha value is -1.53. The first-order chi connectivity index (χ1) is 15.3. The van der Waals surface area contributed by atoms with Crippen molar-refractivity contribution >= 4 is 23.1 Å². The van der Waals surface area contributed by atoms with Crippen molar-refractivity contribution < 1.29 is 35.9 Å². The lowest BCUT2D eigenvalue weighted by Gasteiger charge is -2.61. The number of nitrogens with zero attached hydrogens (tertiary/aromatic N) is 1. The number of carbonyl (C=O) groups excluding carboxylic acids is 2. The van der Waals surface area contributed by atoms with Crippen LogP contribution in [0.4, 0.5) is 0 Å². The smallest absolute Gasteiger partial charge is 0.306 e. The predicted molar refractivity (Wildman–Crippen MR) is 125 cm³/mol.